The van der Waals surface area contributed by atoms with Crippen LogP contribution in [-0.2, 0) is 4.79 Å². The number of carbonyl (C=O) groups excluding carboxylic acids is 3. The van der Waals surface area contributed by atoms with E-state index >= 15 is 0 Å². The summed E-state index contributed by atoms with van der Waals surface area (Å²) >= 11 is 0. The highest BCUT2D eigenvalue weighted by Gasteiger charge is 2.36. The van der Waals surface area contributed by atoms with Crippen LogP contribution in [0.3, 0.4) is 0 Å². The summed E-state index contributed by atoms with van der Waals surface area (Å²) in [6.45, 7) is 1.52. The molecule has 3 rings (SSSR count). The van der Waals surface area contributed by atoms with Gasteiger partial charge in [0.2, 0.25) is 0 Å². The highest BCUT2D eigenvalue weighted by atomic mass is 16.5. The third-order valence-corrected chi connectivity index (χ3v) is 3.48. The summed E-state index contributed by atoms with van der Waals surface area (Å²) in [6, 6.07) is 12.1. The van der Waals surface area contributed by atoms with E-state index in [4.69, 9.17) is 10.5 Å². The molecule has 2 aromatic rings. The molecule has 0 aliphatic carbocycles. The molecule has 6 heteroatoms. The first kappa shape index (κ1) is 14.9. The molecule has 1 aliphatic rings. The molecule has 1 atom stereocenters. The van der Waals surface area contributed by atoms with Crippen molar-refractivity contribution in [2.45, 2.75) is 13.0 Å². The number of nitrogens with zero attached hydrogens (tertiary/aromatic N) is 1. The molecule has 0 unspecified atom stereocenters. The van der Waals surface area contributed by atoms with E-state index in [1.54, 1.807) is 36.4 Å². The van der Waals surface area contributed by atoms with Crippen LogP contribution in [0.5, 0.6) is 5.75 Å². The number of esters is 1. The third-order valence-electron chi connectivity index (χ3n) is 3.48. The second-order valence-corrected chi connectivity index (χ2v) is 5.19. The summed E-state index contributed by atoms with van der Waals surface area (Å²) in [5, 5.41) is 0. The van der Waals surface area contributed by atoms with Gasteiger partial charge >= 0.3 is 5.97 Å². The molecule has 23 heavy (non-hydrogen) atoms. The molecule has 0 spiro atoms. The maximum atomic E-state index is 12.4. The van der Waals surface area contributed by atoms with Crippen LogP contribution in [-0.4, -0.2) is 23.8 Å². The Balaban J connectivity index is 1.85. The molecular weight excluding hydrogens is 296 g/mol. The molecular formula is C17H14N2O4. The van der Waals surface area contributed by atoms with E-state index in [1.807, 2.05) is 0 Å². The molecule has 0 radical (unpaired) electrons. The second-order valence-electron chi connectivity index (χ2n) is 5.19. The average Bonchev–Trinajstić information content (AvgIpc) is 2.80. The van der Waals surface area contributed by atoms with Gasteiger partial charge in [0.05, 0.1) is 16.8 Å². The maximum Gasteiger partial charge on any atom is 0.328 e. The Labute approximate surface area is 132 Å². The van der Waals surface area contributed by atoms with Crippen LogP contribution in [0, 0.1) is 0 Å². The van der Waals surface area contributed by atoms with Crippen LogP contribution in [0.2, 0.25) is 0 Å². The monoisotopic (exact) mass is 310 g/mol. The first-order valence-electron chi connectivity index (χ1n) is 7.04. The molecule has 116 valence electrons. The number of fused-ring (bicyclic) bond motifs is 1. The van der Waals surface area contributed by atoms with E-state index in [0.717, 1.165) is 4.90 Å². The number of imide groups is 1. The van der Waals surface area contributed by atoms with Crippen molar-refractivity contribution in [2.24, 2.45) is 5.73 Å². The molecule has 0 bridgehead atoms. The van der Waals surface area contributed by atoms with Gasteiger partial charge in [0.15, 0.2) is 0 Å². The fourth-order valence-corrected chi connectivity index (χ4v) is 2.30. The fourth-order valence-electron chi connectivity index (χ4n) is 2.30. The van der Waals surface area contributed by atoms with Crippen molar-refractivity contribution in [2.75, 3.05) is 4.90 Å². The average molecular weight is 310 g/mol. The number of nitrogens with two attached hydrogens (primary N) is 1. The van der Waals surface area contributed by atoms with E-state index in [1.165, 1.54) is 19.1 Å². The predicted molar refractivity (Wildman–Crippen MR) is 83.3 cm³/mol. The minimum atomic E-state index is -0.731. The van der Waals surface area contributed by atoms with Gasteiger partial charge in [0.1, 0.15) is 11.8 Å². The Kier molecular flexibility index (Phi) is 3.67. The molecule has 1 aliphatic heterocycles. The molecule has 2 amide bonds. The van der Waals surface area contributed by atoms with Crippen LogP contribution in [0.15, 0.2) is 48.5 Å². The van der Waals surface area contributed by atoms with Gasteiger partial charge in [-0.05, 0) is 43.3 Å². The summed E-state index contributed by atoms with van der Waals surface area (Å²) in [6.07, 6.45) is 0. The Morgan fingerprint density at radius 1 is 1.00 bits per heavy atom. The molecule has 0 fully saturated rings. The number of carbonyl (C=O) groups is 3. The predicted octanol–water partition coefficient (Wildman–Crippen LogP) is 1.74. The molecule has 0 saturated carbocycles. The number of benzene rings is 2. The Hall–Kier alpha value is -2.99. The minimum absolute atomic E-state index is 0.299. The SMILES string of the molecule is C[C@H](N)C(=O)Oc1ccc(N2C(=O)c3ccccc3C2=O)cc1. The van der Waals surface area contributed by atoms with Crippen molar-refractivity contribution in [3.8, 4) is 5.75 Å². The lowest BCUT2D eigenvalue weighted by Gasteiger charge is -2.14. The standard InChI is InChI=1S/C17H14N2O4/c1-10(18)17(22)23-12-8-6-11(7-9-12)19-15(20)13-4-2-3-5-14(13)16(19)21/h2-10H,18H2,1H3/t10-/m0/s1. The van der Waals surface area contributed by atoms with Gasteiger partial charge in [-0.25, -0.2) is 9.69 Å². The minimum Gasteiger partial charge on any atom is -0.425 e. The summed E-state index contributed by atoms with van der Waals surface area (Å²) in [5.74, 6) is -0.997. The Morgan fingerprint density at radius 3 is 2.00 bits per heavy atom. The van der Waals surface area contributed by atoms with Crippen LogP contribution in [0.1, 0.15) is 27.6 Å². The lowest BCUT2D eigenvalue weighted by atomic mass is 10.1. The van der Waals surface area contributed by atoms with Crippen molar-refractivity contribution in [1.82, 2.24) is 0 Å². The lowest BCUT2D eigenvalue weighted by Crippen LogP contribution is -2.31. The fraction of sp³-hybridized carbons (Fsp3) is 0.118. The third kappa shape index (κ3) is 2.60. The zero-order valence-electron chi connectivity index (χ0n) is 12.4. The molecule has 1 heterocycles. The lowest BCUT2D eigenvalue weighted by molar-refractivity contribution is -0.135. The number of hydrogen-bond acceptors (Lipinski definition) is 5. The van der Waals surface area contributed by atoms with Gasteiger partial charge in [-0.15, -0.1) is 0 Å². The normalized spacial score (nSPS) is 14.6. The molecule has 0 aromatic heterocycles. The quantitative estimate of drug-likeness (QED) is 0.530. The van der Waals surface area contributed by atoms with Crippen LogP contribution in [0.25, 0.3) is 0 Å². The van der Waals surface area contributed by atoms with Crippen molar-refractivity contribution >= 4 is 23.5 Å². The number of anilines is 1. The van der Waals surface area contributed by atoms with Gasteiger partial charge in [-0.3, -0.25) is 9.59 Å². The van der Waals surface area contributed by atoms with Crippen LogP contribution >= 0.6 is 0 Å². The zero-order valence-corrected chi connectivity index (χ0v) is 12.4. The number of amides is 2. The van der Waals surface area contributed by atoms with Crippen molar-refractivity contribution in [3.63, 3.8) is 0 Å². The smallest absolute Gasteiger partial charge is 0.328 e. The van der Waals surface area contributed by atoms with Gasteiger partial charge in [0, 0.05) is 0 Å². The van der Waals surface area contributed by atoms with E-state index in [2.05, 4.69) is 0 Å². The van der Waals surface area contributed by atoms with E-state index in [0.29, 0.717) is 22.6 Å². The van der Waals surface area contributed by atoms with Crippen LogP contribution in [0.4, 0.5) is 5.69 Å². The topological polar surface area (TPSA) is 89.7 Å². The highest BCUT2D eigenvalue weighted by Crippen LogP contribution is 2.29. The van der Waals surface area contributed by atoms with E-state index in [9.17, 15) is 14.4 Å². The Bertz CT molecular complexity index is 761. The largest absolute Gasteiger partial charge is 0.425 e. The molecule has 2 aromatic carbocycles. The second kappa shape index (κ2) is 5.66. The summed E-state index contributed by atoms with van der Waals surface area (Å²) < 4.78 is 5.06. The highest BCUT2D eigenvalue weighted by molar-refractivity contribution is 6.34. The molecule has 6 nitrogen and oxygen atoms in total. The number of ether oxygens (including phenoxy) is 1. The first-order chi connectivity index (χ1) is 11.0. The van der Waals surface area contributed by atoms with Crippen LogP contribution < -0.4 is 15.4 Å². The zero-order chi connectivity index (χ0) is 16.6. The summed E-state index contributed by atoms with van der Waals surface area (Å²) in [5.41, 5.74) is 6.60. The first-order valence-corrected chi connectivity index (χ1v) is 7.04. The molecule has 2 N–H and O–H groups in total. The van der Waals surface area contributed by atoms with Crippen molar-refractivity contribution < 1.29 is 19.1 Å². The molecule has 0 saturated heterocycles. The number of hydrogen-bond donors (Lipinski definition) is 1. The van der Waals surface area contributed by atoms with E-state index < -0.39 is 12.0 Å². The van der Waals surface area contributed by atoms with Gasteiger partial charge in [-0.1, -0.05) is 12.1 Å². The van der Waals surface area contributed by atoms with Gasteiger partial charge in [-0.2, -0.15) is 0 Å². The van der Waals surface area contributed by atoms with Crippen molar-refractivity contribution in [1.29, 1.82) is 0 Å². The van der Waals surface area contributed by atoms with Gasteiger partial charge < -0.3 is 10.5 Å². The summed E-state index contributed by atoms with van der Waals surface area (Å²) in [7, 11) is 0. The Morgan fingerprint density at radius 2 is 1.52 bits per heavy atom. The van der Waals surface area contributed by atoms with Crippen molar-refractivity contribution in [3.05, 3.63) is 59.7 Å². The maximum absolute atomic E-state index is 12.4. The number of rotatable bonds is 3. The van der Waals surface area contributed by atoms with Gasteiger partial charge in [0.25, 0.3) is 11.8 Å². The summed E-state index contributed by atoms with van der Waals surface area (Å²) in [4.78, 5) is 37.3. The van der Waals surface area contributed by atoms with E-state index in [-0.39, 0.29) is 11.8 Å².